The van der Waals surface area contributed by atoms with Crippen molar-refractivity contribution in [3.63, 3.8) is 0 Å². The van der Waals surface area contributed by atoms with Crippen LogP contribution in [-0.2, 0) is 4.79 Å². The average molecular weight is 421 g/mol. The van der Waals surface area contributed by atoms with E-state index < -0.39 is 0 Å². The maximum Gasteiger partial charge on any atom is 0.251 e. The van der Waals surface area contributed by atoms with Crippen molar-refractivity contribution in [2.75, 3.05) is 19.7 Å². The summed E-state index contributed by atoms with van der Waals surface area (Å²) in [5.41, 5.74) is 1.44. The Morgan fingerprint density at radius 3 is 2.57 bits per heavy atom. The highest BCUT2D eigenvalue weighted by molar-refractivity contribution is 6.42. The third-order valence-electron chi connectivity index (χ3n) is 4.73. The Bertz CT molecular complexity index is 855. The summed E-state index contributed by atoms with van der Waals surface area (Å²) in [6, 6.07) is 12.5. The average Bonchev–Trinajstić information content (AvgIpc) is 3.19. The lowest BCUT2D eigenvalue weighted by Gasteiger charge is -2.25. The summed E-state index contributed by atoms with van der Waals surface area (Å²) < 4.78 is 5.47. The molecule has 1 aliphatic heterocycles. The molecule has 2 amide bonds. The Morgan fingerprint density at radius 2 is 1.89 bits per heavy atom. The summed E-state index contributed by atoms with van der Waals surface area (Å²) >= 11 is 11.8. The molecule has 1 fully saturated rings. The largest absolute Gasteiger partial charge is 0.494 e. The van der Waals surface area contributed by atoms with Crippen molar-refractivity contribution in [1.29, 1.82) is 0 Å². The standard InChI is InChI=1S/C21H22Cl2N2O3/c1-2-28-16-8-5-14(6-9-16)19-4-3-11-25(19)20(26)13-24-21(27)15-7-10-17(22)18(23)12-15/h5-10,12,19H,2-4,11,13H2,1H3,(H,24,27). The lowest BCUT2D eigenvalue weighted by atomic mass is 10.0. The van der Waals surface area contributed by atoms with Gasteiger partial charge in [-0.3, -0.25) is 9.59 Å². The number of hydrogen-bond donors (Lipinski definition) is 1. The summed E-state index contributed by atoms with van der Waals surface area (Å²) in [7, 11) is 0. The van der Waals surface area contributed by atoms with Gasteiger partial charge < -0.3 is 15.0 Å². The lowest BCUT2D eigenvalue weighted by Crippen LogP contribution is -2.39. The minimum atomic E-state index is -0.358. The molecule has 5 nitrogen and oxygen atoms in total. The molecule has 0 aliphatic carbocycles. The zero-order valence-corrected chi connectivity index (χ0v) is 17.1. The number of carbonyl (C=O) groups excluding carboxylic acids is 2. The predicted octanol–water partition coefficient (Wildman–Crippen LogP) is 4.49. The molecule has 0 saturated carbocycles. The molecule has 1 aliphatic rings. The van der Waals surface area contributed by atoms with Crippen LogP contribution in [0.1, 0.15) is 41.7 Å². The molecule has 7 heteroatoms. The van der Waals surface area contributed by atoms with Gasteiger partial charge in [0.15, 0.2) is 0 Å². The number of nitrogens with zero attached hydrogens (tertiary/aromatic N) is 1. The maximum absolute atomic E-state index is 12.7. The molecule has 0 spiro atoms. The van der Waals surface area contributed by atoms with E-state index in [4.69, 9.17) is 27.9 Å². The number of benzene rings is 2. The number of amides is 2. The van der Waals surface area contributed by atoms with Crippen LogP contribution >= 0.6 is 23.2 Å². The van der Waals surface area contributed by atoms with Crippen LogP contribution in [0.2, 0.25) is 10.0 Å². The second-order valence-electron chi connectivity index (χ2n) is 6.56. The zero-order valence-electron chi connectivity index (χ0n) is 15.6. The quantitative estimate of drug-likeness (QED) is 0.748. The Balaban J connectivity index is 1.61. The van der Waals surface area contributed by atoms with Crippen molar-refractivity contribution in [2.45, 2.75) is 25.8 Å². The van der Waals surface area contributed by atoms with Gasteiger partial charge in [-0.05, 0) is 55.7 Å². The number of hydrogen-bond acceptors (Lipinski definition) is 3. The van der Waals surface area contributed by atoms with Gasteiger partial charge in [0.1, 0.15) is 5.75 Å². The number of halogens is 2. The SMILES string of the molecule is CCOc1ccc(C2CCCN2C(=O)CNC(=O)c2ccc(Cl)c(Cl)c2)cc1. The molecule has 1 heterocycles. The molecule has 148 valence electrons. The van der Waals surface area contributed by atoms with E-state index in [0.29, 0.717) is 28.8 Å². The summed E-state index contributed by atoms with van der Waals surface area (Å²) in [4.78, 5) is 26.8. The fourth-order valence-electron chi connectivity index (χ4n) is 3.36. The molecule has 1 atom stereocenters. The third kappa shape index (κ3) is 4.78. The van der Waals surface area contributed by atoms with E-state index in [1.807, 2.05) is 36.1 Å². The molecule has 0 bridgehead atoms. The van der Waals surface area contributed by atoms with E-state index in [1.54, 1.807) is 12.1 Å². The van der Waals surface area contributed by atoms with E-state index in [-0.39, 0.29) is 24.4 Å². The highest BCUT2D eigenvalue weighted by Gasteiger charge is 2.30. The van der Waals surface area contributed by atoms with Gasteiger partial charge in [-0.15, -0.1) is 0 Å². The topological polar surface area (TPSA) is 58.6 Å². The highest BCUT2D eigenvalue weighted by atomic mass is 35.5. The van der Waals surface area contributed by atoms with Crippen molar-refractivity contribution in [1.82, 2.24) is 10.2 Å². The van der Waals surface area contributed by atoms with Crippen molar-refractivity contribution in [2.24, 2.45) is 0 Å². The molecule has 28 heavy (non-hydrogen) atoms. The molecular weight excluding hydrogens is 399 g/mol. The normalized spacial score (nSPS) is 16.1. The van der Waals surface area contributed by atoms with Gasteiger partial charge in [-0.1, -0.05) is 35.3 Å². The number of likely N-dealkylation sites (tertiary alicyclic amines) is 1. The Morgan fingerprint density at radius 1 is 1.14 bits per heavy atom. The van der Waals surface area contributed by atoms with Crippen LogP contribution in [0.25, 0.3) is 0 Å². The lowest BCUT2D eigenvalue weighted by molar-refractivity contribution is -0.131. The summed E-state index contributed by atoms with van der Waals surface area (Å²) in [6.07, 6.45) is 1.84. The number of nitrogens with one attached hydrogen (secondary N) is 1. The summed E-state index contributed by atoms with van der Waals surface area (Å²) in [5, 5.41) is 3.35. The minimum Gasteiger partial charge on any atom is -0.494 e. The fourth-order valence-corrected chi connectivity index (χ4v) is 3.66. The second kappa shape index (κ2) is 9.30. The first-order valence-electron chi connectivity index (χ1n) is 9.25. The van der Waals surface area contributed by atoms with Crippen molar-refractivity contribution in [3.05, 3.63) is 63.6 Å². The Labute approximate surface area is 174 Å². The summed E-state index contributed by atoms with van der Waals surface area (Å²) in [6.45, 7) is 3.18. The molecule has 0 radical (unpaired) electrons. The first-order valence-corrected chi connectivity index (χ1v) is 10.0. The van der Waals surface area contributed by atoms with Gasteiger partial charge in [0.25, 0.3) is 5.91 Å². The highest BCUT2D eigenvalue weighted by Crippen LogP contribution is 2.32. The molecule has 1 saturated heterocycles. The number of carbonyl (C=O) groups is 2. The first kappa shape index (κ1) is 20.5. The third-order valence-corrected chi connectivity index (χ3v) is 5.47. The Hall–Kier alpha value is -2.24. The smallest absolute Gasteiger partial charge is 0.251 e. The molecule has 1 N–H and O–H groups in total. The van der Waals surface area contributed by atoms with Gasteiger partial charge in [0, 0.05) is 12.1 Å². The van der Waals surface area contributed by atoms with Crippen molar-refractivity contribution in [3.8, 4) is 5.75 Å². The predicted molar refractivity (Wildman–Crippen MR) is 110 cm³/mol. The molecule has 1 unspecified atom stereocenters. The van der Waals surface area contributed by atoms with E-state index in [9.17, 15) is 9.59 Å². The van der Waals surface area contributed by atoms with Crippen LogP contribution in [0.15, 0.2) is 42.5 Å². The van der Waals surface area contributed by atoms with Gasteiger partial charge in [-0.2, -0.15) is 0 Å². The van der Waals surface area contributed by atoms with Crippen LogP contribution in [0, 0.1) is 0 Å². The number of rotatable bonds is 6. The fraction of sp³-hybridized carbons (Fsp3) is 0.333. The maximum atomic E-state index is 12.7. The Kier molecular flexibility index (Phi) is 6.81. The van der Waals surface area contributed by atoms with Gasteiger partial charge in [0.05, 0.1) is 29.2 Å². The number of ether oxygens (including phenoxy) is 1. The van der Waals surface area contributed by atoms with Gasteiger partial charge >= 0.3 is 0 Å². The zero-order chi connectivity index (χ0) is 20.1. The van der Waals surface area contributed by atoms with E-state index in [2.05, 4.69) is 5.32 Å². The van der Waals surface area contributed by atoms with Crippen LogP contribution in [0.4, 0.5) is 0 Å². The summed E-state index contributed by atoms with van der Waals surface area (Å²) in [5.74, 6) is 0.351. The van der Waals surface area contributed by atoms with Crippen molar-refractivity contribution < 1.29 is 14.3 Å². The molecule has 2 aromatic rings. The van der Waals surface area contributed by atoms with Gasteiger partial charge in [0.2, 0.25) is 5.91 Å². The van der Waals surface area contributed by atoms with Crippen LogP contribution in [-0.4, -0.2) is 36.4 Å². The van der Waals surface area contributed by atoms with Crippen LogP contribution < -0.4 is 10.1 Å². The molecule has 2 aromatic carbocycles. The molecule has 3 rings (SSSR count). The minimum absolute atomic E-state index is 0.0186. The van der Waals surface area contributed by atoms with Crippen molar-refractivity contribution >= 4 is 35.0 Å². The van der Waals surface area contributed by atoms with E-state index >= 15 is 0 Å². The van der Waals surface area contributed by atoms with E-state index in [1.165, 1.54) is 6.07 Å². The van der Waals surface area contributed by atoms with E-state index in [0.717, 1.165) is 24.2 Å². The molecular formula is C21H22Cl2N2O3. The monoisotopic (exact) mass is 420 g/mol. The van der Waals surface area contributed by atoms with Gasteiger partial charge in [-0.25, -0.2) is 0 Å². The molecule has 0 aromatic heterocycles. The van der Waals surface area contributed by atoms with Crippen LogP contribution in [0.5, 0.6) is 5.75 Å². The first-order chi connectivity index (χ1) is 13.5. The second-order valence-corrected chi connectivity index (χ2v) is 7.37. The van der Waals surface area contributed by atoms with Crippen LogP contribution in [0.3, 0.4) is 0 Å².